The summed E-state index contributed by atoms with van der Waals surface area (Å²) in [5.74, 6) is 0. The molecule has 1 aliphatic rings. The van der Waals surface area contributed by atoms with Crippen molar-refractivity contribution < 1.29 is 0 Å². The summed E-state index contributed by atoms with van der Waals surface area (Å²) in [7, 11) is 4.35. The summed E-state index contributed by atoms with van der Waals surface area (Å²) in [4.78, 5) is 2.55. The van der Waals surface area contributed by atoms with E-state index in [2.05, 4.69) is 55.5 Å². The molecule has 1 saturated heterocycles. The average Bonchev–Trinajstić information content (AvgIpc) is 2.70. The number of hydrogen-bond acceptors (Lipinski definition) is 2. The zero-order valence-electron chi connectivity index (χ0n) is 12.0. The Morgan fingerprint density at radius 1 is 1.39 bits per heavy atom. The van der Waals surface area contributed by atoms with Crippen LogP contribution in [-0.2, 0) is 6.42 Å². The second-order valence-corrected chi connectivity index (χ2v) is 5.77. The van der Waals surface area contributed by atoms with Gasteiger partial charge in [0.15, 0.2) is 0 Å². The van der Waals surface area contributed by atoms with Crippen molar-refractivity contribution in [3.05, 3.63) is 35.4 Å². The molecule has 2 heteroatoms. The van der Waals surface area contributed by atoms with Gasteiger partial charge >= 0.3 is 0 Å². The molecule has 1 heterocycles. The lowest BCUT2D eigenvalue weighted by molar-refractivity contribution is 0.159. The van der Waals surface area contributed by atoms with Gasteiger partial charge in [-0.3, -0.25) is 4.90 Å². The van der Waals surface area contributed by atoms with Gasteiger partial charge < -0.3 is 5.32 Å². The van der Waals surface area contributed by atoms with E-state index in [0.717, 1.165) is 6.54 Å². The van der Waals surface area contributed by atoms with Gasteiger partial charge in [-0.15, -0.1) is 0 Å². The molecule has 2 nitrogen and oxygen atoms in total. The van der Waals surface area contributed by atoms with Gasteiger partial charge in [0.25, 0.3) is 0 Å². The Labute approximate surface area is 111 Å². The molecular formula is C16H26N2. The molecule has 0 aliphatic carbocycles. The van der Waals surface area contributed by atoms with Crippen molar-refractivity contribution in [1.82, 2.24) is 10.2 Å². The summed E-state index contributed by atoms with van der Waals surface area (Å²) < 4.78 is 0. The molecule has 1 aliphatic heterocycles. The quantitative estimate of drug-likeness (QED) is 0.859. The fraction of sp³-hybridized carbons (Fsp3) is 0.625. The number of nitrogens with zero attached hydrogens (tertiary/aromatic N) is 1. The van der Waals surface area contributed by atoms with Crippen LogP contribution in [0.4, 0.5) is 0 Å². The average molecular weight is 246 g/mol. The van der Waals surface area contributed by atoms with E-state index < -0.39 is 0 Å². The Bertz CT molecular complexity index is 388. The van der Waals surface area contributed by atoms with Crippen molar-refractivity contribution in [2.24, 2.45) is 0 Å². The molecule has 0 spiro atoms. The Balaban J connectivity index is 2.02. The number of likely N-dealkylation sites (N-methyl/N-ethyl adjacent to an activating group) is 2. The van der Waals surface area contributed by atoms with Gasteiger partial charge in [0, 0.05) is 12.1 Å². The molecule has 1 fully saturated rings. The molecule has 18 heavy (non-hydrogen) atoms. The summed E-state index contributed by atoms with van der Waals surface area (Å²) in [5, 5.41) is 3.39. The lowest BCUT2D eigenvalue weighted by atomic mass is 9.88. The molecule has 1 aromatic rings. The van der Waals surface area contributed by atoms with Crippen LogP contribution in [0.2, 0.25) is 0 Å². The van der Waals surface area contributed by atoms with Crippen molar-refractivity contribution in [3.8, 4) is 0 Å². The minimum absolute atomic E-state index is 0.374. The van der Waals surface area contributed by atoms with Crippen molar-refractivity contribution in [1.29, 1.82) is 0 Å². The molecule has 1 aromatic carbocycles. The second kappa shape index (κ2) is 5.85. The number of likely N-dealkylation sites (tertiary alicyclic amines) is 1. The zero-order valence-corrected chi connectivity index (χ0v) is 12.0. The van der Waals surface area contributed by atoms with Crippen LogP contribution in [0.3, 0.4) is 0 Å². The molecule has 0 aromatic heterocycles. The van der Waals surface area contributed by atoms with E-state index in [1.807, 2.05) is 0 Å². The minimum atomic E-state index is 0.374. The maximum Gasteiger partial charge on any atom is 0.0334 e. The monoisotopic (exact) mass is 246 g/mol. The third kappa shape index (κ3) is 2.93. The normalized spacial score (nSPS) is 24.6. The third-order valence-corrected chi connectivity index (χ3v) is 4.41. The van der Waals surface area contributed by atoms with Crippen molar-refractivity contribution in [2.75, 3.05) is 27.2 Å². The summed E-state index contributed by atoms with van der Waals surface area (Å²) in [6.45, 7) is 4.53. The fourth-order valence-electron chi connectivity index (χ4n) is 3.27. The first-order valence-corrected chi connectivity index (χ1v) is 7.08. The van der Waals surface area contributed by atoms with E-state index >= 15 is 0 Å². The number of hydrogen-bond donors (Lipinski definition) is 1. The van der Waals surface area contributed by atoms with Gasteiger partial charge in [-0.05, 0) is 58.8 Å². The highest BCUT2D eigenvalue weighted by molar-refractivity contribution is 5.22. The third-order valence-electron chi connectivity index (χ3n) is 4.41. The number of nitrogens with one attached hydrogen (secondary N) is 1. The first-order valence-electron chi connectivity index (χ1n) is 7.08. The van der Waals surface area contributed by atoms with E-state index in [0.29, 0.717) is 5.54 Å². The molecule has 1 atom stereocenters. The second-order valence-electron chi connectivity index (χ2n) is 5.77. The number of rotatable bonds is 5. The highest BCUT2D eigenvalue weighted by Crippen LogP contribution is 2.31. The fourth-order valence-corrected chi connectivity index (χ4v) is 3.27. The van der Waals surface area contributed by atoms with Crippen LogP contribution in [0.25, 0.3) is 0 Å². The van der Waals surface area contributed by atoms with Crippen LogP contribution in [0.5, 0.6) is 0 Å². The molecule has 0 radical (unpaired) electrons. The zero-order chi connectivity index (χ0) is 13.0. The largest absolute Gasteiger partial charge is 0.318 e. The Morgan fingerprint density at radius 2 is 2.22 bits per heavy atom. The van der Waals surface area contributed by atoms with Gasteiger partial charge in [0.2, 0.25) is 0 Å². The lowest BCUT2D eigenvalue weighted by Crippen LogP contribution is -2.48. The van der Waals surface area contributed by atoms with Gasteiger partial charge in [0.05, 0.1) is 0 Å². The lowest BCUT2D eigenvalue weighted by Gasteiger charge is -2.36. The van der Waals surface area contributed by atoms with E-state index in [1.165, 1.54) is 43.4 Å². The molecule has 0 amide bonds. The Hall–Kier alpha value is -0.860. The van der Waals surface area contributed by atoms with E-state index in [-0.39, 0.29) is 0 Å². The van der Waals surface area contributed by atoms with Gasteiger partial charge in [-0.2, -0.15) is 0 Å². The van der Waals surface area contributed by atoms with Gasteiger partial charge in [0.1, 0.15) is 0 Å². The van der Waals surface area contributed by atoms with E-state index in [4.69, 9.17) is 0 Å². The van der Waals surface area contributed by atoms with Crippen LogP contribution in [0.1, 0.15) is 30.4 Å². The molecule has 1 unspecified atom stereocenters. The highest BCUT2D eigenvalue weighted by atomic mass is 15.2. The molecular weight excluding hydrogens is 220 g/mol. The van der Waals surface area contributed by atoms with E-state index in [1.54, 1.807) is 0 Å². The maximum absolute atomic E-state index is 3.39. The topological polar surface area (TPSA) is 15.3 Å². The van der Waals surface area contributed by atoms with Crippen LogP contribution >= 0.6 is 0 Å². The highest BCUT2D eigenvalue weighted by Gasteiger charge is 2.37. The summed E-state index contributed by atoms with van der Waals surface area (Å²) in [5.41, 5.74) is 3.22. The van der Waals surface area contributed by atoms with Crippen LogP contribution in [-0.4, -0.2) is 37.6 Å². The smallest absolute Gasteiger partial charge is 0.0334 e. The summed E-state index contributed by atoms with van der Waals surface area (Å²) in [6.07, 6.45) is 5.11. The maximum atomic E-state index is 3.39. The summed E-state index contributed by atoms with van der Waals surface area (Å²) in [6, 6.07) is 8.93. The Kier molecular flexibility index (Phi) is 4.41. The van der Waals surface area contributed by atoms with Crippen LogP contribution in [0, 0.1) is 6.92 Å². The minimum Gasteiger partial charge on any atom is -0.318 e. The molecule has 100 valence electrons. The molecule has 0 saturated carbocycles. The first-order chi connectivity index (χ1) is 8.66. The first kappa shape index (κ1) is 13.6. The standard InChI is InChI=1S/C16H26N2/c1-14-6-4-7-15(12-14)8-10-16(13-17-2)9-5-11-18(16)3/h4,6-7,12,17H,5,8-11,13H2,1-3H3. The predicted octanol–water partition coefficient (Wildman–Crippen LogP) is 2.61. The number of aryl methyl sites for hydroxylation is 2. The van der Waals surface area contributed by atoms with Crippen molar-refractivity contribution in [2.45, 2.75) is 38.1 Å². The van der Waals surface area contributed by atoms with Gasteiger partial charge in [-0.1, -0.05) is 29.8 Å². The Morgan fingerprint density at radius 3 is 2.83 bits per heavy atom. The van der Waals surface area contributed by atoms with Gasteiger partial charge in [-0.25, -0.2) is 0 Å². The van der Waals surface area contributed by atoms with E-state index in [9.17, 15) is 0 Å². The molecule has 1 N–H and O–H groups in total. The van der Waals surface area contributed by atoms with Crippen molar-refractivity contribution >= 4 is 0 Å². The SMILES string of the molecule is CNCC1(CCc2cccc(C)c2)CCCN1C. The van der Waals surface area contributed by atoms with Crippen LogP contribution in [0.15, 0.2) is 24.3 Å². The predicted molar refractivity (Wildman–Crippen MR) is 78.0 cm³/mol. The number of benzene rings is 1. The van der Waals surface area contributed by atoms with Crippen molar-refractivity contribution in [3.63, 3.8) is 0 Å². The van der Waals surface area contributed by atoms with Crippen LogP contribution < -0.4 is 5.32 Å². The summed E-state index contributed by atoms with van der Waals surface area (Å²) >= 11 is 0. The molecule has 2 rings (SSSR count). The molecule has 0 bridgehead atoms.